The highest BCUT2D eigenvalue weighted by molar-refractivity contribution is 7.17. The predicted molar refractivity (Wildman–Crippen MR) is 87.5 cm³/mol. The highest BCUT2D eigenvalue weighted by Crippen LogP contribution is 2.27. The smallest absolute Gasteiger partial charge is 0.0487 e. The Morgan fingerprint density at radius 3 is 2.90 bits per heavy atom. The van der Waals surface area contributed by atoms with Crippen LogP contribution in [0.15, 0.2) is 48.0 Å². The first-order valence-electron chi connectivity index (χ1n) is 7.13. The monoisotopic (exact) mass is 284 g/mol. The molecule has 0 fully saturated rings. The van der Waals surface area contributed by atoms with Crippen molar-refractivity contribution >= 4 is 21.4 Å². The maximum atomic E-state index is 3.49. The second-order valence-electron chi connectivity index (χ2n) is 5.10. The first kappa shape index (κ1) is 13.4. The van der Waals surface area contributed by atoms with Gasteiger partial charge in [0.2, 0.25) is 0 Å². The third-order valence-electron chi connectivity index (χ3n) is 3.72. The van der Waals surface area contributed by atoms with Gasteiger partial charge in [0.1, 0.15) is 0 Å². The van der Waals surface area contributed by atoms with Crippen molar-refractivity contribution < 1.29 is 0 Å². The number of benzene rings is 1. The molecule has 3 aromatic rings. The Morgan fingerprint density at radius 1 is 1.20 bits per heavy atom. The molecule has 0 aliphatic carbocycles. The maximum Gasteiger partial charge on any atom is 0.0487 e. The van der Waals surface area contributed by atoms with Gasteiger partial charge in [-0.3, -0.25) is 0 Å². The van der Waals surface area contributed by atoms with Crippen molar-refractivity contribution in [1.29, 1.82) is 0 Å². The van der Waals surface area contributed by atoms with Crippen molar-refractivity contribution in [2.24, 2.45) is 0 Å². The first-order valence-corrected chi connectivity index (χ1v) is 8.01. The molecule has 20 heavy (non-hydrogen) atoms. The van der Waals surface area contributed by atoms with Crippen LogP contribution in [0.2, 0.25) is 0 Å². The Labute approximate surface area is 124 Å². The van der Waals surface area contributed by atoms with Crippen LogP contribution in [0.25, 0.3) is 10.1 Å². The minimum atomic E-state index is 0.389. The number of nitrogens with zero attached hydrogens (tertiary/aromatic N) is 1. The summed E-state index contributed by atoms with van der Waals surface area (Å²) in [5.74, 6) is 0. The maximum absolute atomic E-state index is 3.49. The number of aromatic nitrogens is 1. The first-order chi connectivity index (χ1) is 9.79. The van der Waals surface area contributed by atoms with Gasteiger partial charge in [0, 0.05) is 29.2 Å². The van der Waals surface area contributed by atoms with Crippen molar-refractivity contribution in [1.82, 2.24) is 9.88 Å². The minimum Gasteiger partial charge on any atom is -0.346 e. The van der Waals surface area contributed by atoms with E-state index >= 15 is 0 Å². The van der Waals surface area contributed by atoms with Gasteiger partial charge in [0.05, 0.1) is 0 Å². The Balaban J connectivity index is 1.90. The number of hydrogen-bond acceptors (Lipinski definition) is 2. The zero-order chi connectivity index (χ0) is 13.9. The molecule has 0 spiro atoms. The fourth-order valence-corrected chi connectivity index (χ4v) is 3.67. The normalized spacial score (nSPS) is 12.9. The highest BCUT2D eigenvalue weighted by atomic mass is 32.1. The molecule has 2 aromatic heterocycles. The van der Waals surface area contributed by atoms with Crippen LogP contribution in [-0.4, -0.2) is 11.1 Å². The molecule has 0 saturated heterocycles. The average Bonchev–Trinajstić information content (AvgIpc) is 3.07. The molecular formula is C17H20N2S. The molecule has 3 rings (SSSR count). The molecule has 0 bridgehead atoms. The van der Waals surface area contributed by atoms with Crippen LogP contribution in [-0.2, 0) is 6.54 Å². The molecule has 0 radical (unpaired) electrons. The summed E-state index contributed by atoms with van der Waals surface area (Å²) >= 11 is 1.83. The van der Waals surface area contributed by atoms with Crippen molar-refractivity contribution in [3.63, 3.8) is 0 Å². The van der Waals surface area contributed by atoms with Gasteiger partial charge in [-0.25, -0.2) is 0 Å². The number of nitrogens with one attached hydrogen (secondary N) is 1. The summed E-state index contributed by atoms with van der Waals surface area (Å²) in [5, 5.41) is 7.15. The third-order valence-corrected chi connectivity index (χ3v) is 4.73. The van der Waals surface area contributed by atoms with Crippen LogP contribution >= 0.6 is 11.3 Å². The van der Waals surface area contributed by atoms with E-state index in [2.05, 4.69) is 71.7 Å². The second-order valence-corrected chi connectivity index (χ2v) is 6.01. The van der Waals surface area contributed by atoms with Crippen molar-refractivity contribution in [2.45, 2.75) is 26.4 Å². The fourth-order valence-electron chi connectivity index (χ4n) is 2.71. The summed E-state index contributed by atoms with van der Waals surface area (Å²) in [6, 6.07) is 13.4. The van der Waals surface area contributed by atoms with Crippen LogP contribution in [0.4, 0.5) is 0 Å². The van der Waals surface area contributed by atoms with E-state index < -0.39 is 0 Å². The van der Waals surface area contributed by atoms with E-state index in [1.54, 1.807) is 0 Å². The van der Waals surface area contributed by atoms with Crippen LogP contribution in [0.1, 0.15) is 31.1 Å². The predicted octanol–water partition coefficient (Wildman–Crippen LogP) is 4.42. The molecule has 0 saturated carbocycles. The summed E-state index contributed by atoms with van der Waals surface area (Å²) in [5.41, 5.74) is 2.76. The van der Waals surface area contributed by atoms with Gasteiger partial charge in [0.25, 0.3) is 0 Å². The molecule has 104 valence electrons. The van der Waals surface area contributed by atoms with Crippen molar-refractivity contribution in [3.8, 4) is 0 Å². The molecule has 1 N–H and O–H groups in total. The molecule has 2 nitrogen and oxygen atoms in total. The lowest BCUT2D eigenvalue weighted by molar-refractivity contribution is 0.554. The summed E-state index contributed by atoms with van der Waals surface area (Å²) in [6.45, 7) is 6.31. The third kappa shape index (κ3) is 2.51. The molecule has 3 heteroatoms. The van der Waals surface area contributed by atoms with E-state index in [0.717, 1.165) is 13.1 Å². The van der Waals surface area contributed by atoms with Gasteiger partial charge in [-0.1, -0.05) is 25.1 Å². The largest absolute Gasteiger partial charge is 0.346 e. The number of rotatable bonds is 5. The van der Waals surface area contributed by atoms with Crippen molar-refractivity contribution in [3.05, 3.63) is 59.2 Å². The minimum absolute atomic E-state index is 0.389. The average molecular weight is 284 g/mol. The van der Waals surface area contributed by atoms with E-state index in [4.69, 9.17) is 0 Å². The molecule has 2 heterocycles. The Bertz CT molecular complexity index is 696. The van der Waals surface area contributed by atoms with E-state index in [1.165, 1.54) is 21.3 Å². The quantitative estimate of drug-likeness (QED) is 0.734. The zero-order valence-electron chi connectivity index (χ0n) is 12.0. The summed E-state index contributed by atoms with van der Waals surface area (Å²) < 4.78 is 3.72. The number of hydrogen-bond donors (Lipinski definition) is 1. The topological polar surface area (TPSA) is 17.0 Å². The second kappa shape index (κ2) is 5.81. The SMILES string of the molecule is CCNC(C)c1cccn1Cc1csc2ccccc12. The van der Waals surface area contributed by atoms with Gasteiger partial charge in [0.15, 0.2) is 0 Å². The Kier molecular flexibility index (Phi) is 3.90. The lowest BCUT2D eigenvalue weighted by atomic mass is 10.1. The molecule has 1 aromatic carbocycles. The lowest BCUT2D eigenvalue weighted by Crippen LogP contribution is -2.20. The molecule has 0 aliphatic heterocycles. The lowest BCUT2D eigenvalue weighted by Gasteiger charge is -2.16. The molecule has 1 atom stereocenters. The Hall–Kier alpha value is -1.58. The number of thiophene rings is 1. The van der Waals surface area contributed by atoms with Gasteiger partial charge < -0.3 is 9.88 Å². The zero-order valence-corrected chi connectivity index (χ0v) is 12.8. The molecule has 0 amide bonds. The standard InChI is InChI=1S/C17H20N2S/c1-3-18-13(2)16-8-6-10-19(16)11-14-12-20-17-9-5-4-7-15(14)17/h4-10,12-13,18H,3,11H2,1-2H3. The molecule has 1 unspecified atom stereocenters. The fraction of sp³-hybridized carbons (Fsp3) is 0.294. The molecule has 0 aliphatic rings. The van der Waals surface area contributed by atoms with Crippen LogP contribution in [0.5, 0.6) is 0 Å². The molecular weight excluding hydrogens is 264 g/mol. The van der Waals surface area contributed by atoms with E-state index in [9.17, 15) is 0 Å². The van der Waals surface area contributed by atoms with Gasteiger partial charge in [-0.05, 0) is 48.0 Å². The van der Waals surface area contributed by atoms with Crippen LogP contribution in [0.3, 0.4) is 0 Å². The summed E-state index contributed by atoms with van der Waals surface area (Å²) in [6.07, 6.45) is 2.18. The van der Waals surface area contributed by atoms with Gasteiger partial charge in [-0.2, -0.15) is 0 Å². The van der Waals surface area contributed by atoms with Crippen LogP contribution < -0.4 is 5.32 Å². The number of fused-ring (bicyclic) bond motifs is 1. The highest BCUT2D eigenvalue weighted by Gasteiger charge is 2.10. The van der Waals surface area contributed by atoms with E-state index in [0.29, 0.717) is 6.04 Å². The van der Waals surface area contributed by atoms with E-state index in [-0.39, 0.29) is 0 Å². The Morgan fingerprint density at radius 2 is 2.05 bits per heavy atom. The van der Waals surface area contributed by atoms with Crippen molar-refractivity contribution in [2.75, 3.05) is 6.54 Å². The van der Waals surface area contributed by atoms with E-state index in [1.807, 2.05) is 11.3 Å². The summed E-state index contributed by atoms with van der Waals surface area (Å²) in [7, 11) is 0. The van der Waals surface area contributed by atoms with Crippen LogP contribution in [0, 0.1) is 0 Å². The summed E-state index contributed by atoms with van der Waals surface area (Å²) in [4.78, 5) is 0. The van der Waals surface area contributed by atoms with Gasteiger partial charge >= 0.3 is 0 Å². The van der Waals surface area contributed by atoms with Gasteiger partial charge in [-0.15, -0.1) is 11.3 Å².